The number of nitrogens with one attached hydrogen (secondary N) is 1. The number of carboxylic acids is 1. The summed E-state index contributed by atoms with van der Waals surface area (Å²) in [7, 11) is 0. The predicted molar refractivity (Wildman–Crippen MR) is 159 cm³/mol. The molecule has 1 aromatic carbocycles. The number of halogens is 3. The maximum atomic E-state index is 13.1. The molecular formula is C29H34F3N7O4S. The van der Waals surface area contributed by atoms with E-state index in [1.807, 2.05) is 4.90 Å². The molecule has 0 bridgehead atoms. The first-order valence-corrected chi connectivity index (χ1v) is 15.2. The normalized spacial score (nSPS) is 18.0. The molecule has 0 saturated carbocycles. The van der Waals surface area contributed by atoms with Gasteiger partial charge in [-0.1, -0.05) is 11.3 Å². The van der Waals surface area contributed by atoms with Crippen molar-refractivity contribution in [2.24, 2.45) is 0 Å². The van der Waals surface area contributed by atoms with Crippen molar-refractivity contribution >= 4 is 34.2 Å². The van der Waals surface area contributed by atoms with E-state index in [9.17, 15) is 22.8 Å². The maximum Gasteiger partial charge on any atom is 0.573 e. The summed E-state index contributed by atoms with van der Waals surface area (Å²) >= 11 is 1.28. The van der Waals surface area contributed by atoms with Crippen LogP contribution in [0, 0.1) is 6.92 Å². The first-order valence-electron chi connectivity index (χ1n) is 14.4. The number of hydrogen-bond donors (Lipinski definition) is 2. The number of amides is 1. The molecule has 11 nitrogen and oxygen atoms in total. The number of likely N-dealkylation sites (tertiary alicyclic amines) is 1. The fourth-order valence-corrected chi connectivity index (χ4v) is 6.45. The van der Waals surface area contributed by atoms with E-state index in [0.29, 0.717) is 73.1 Å². The van der Waals surface area contributed by atoms with Gasteiger partial charge in [-0.2, -0.15) is 0 Å². The molecule has 0 radical (unpaired) electrons. The lowest BCUT2D eigenvalue weighted by atomic mass is 10.1. The Balaban J connectivity index is 1.31. The van der Waals surface area contributed by atoms with Gasteiger partial charge in [0.15, 0.2) is 5.13 Å². The SMILES string of the molecule is Cc1cc(OC(F)(F)F)cc(-c2nc(NC(=O)c3cnc(N4CCN(CCC(=O)O)CC4)cn3)sc2CN2CCCC2C)c1. The van der Waals surface area contributed by atoms with Crippen LogP contribution in [-0.2, 0) is 11.3 Å². The number of aliphatic carboxylic acids is 1. The van der Waals surface area contributed by atoms with Crippen LogP contribution in [0.5, 0.6) is 5.75 Å². The van der Waals surface area contributed by atoms with Crippen LogP contribution in [0.2, 0.25) is 0 Å². The lowest BCUT2D eigenvalue weighted by Gasteiger charge is -2.34. The Morgan fingerprint density at radius 1 is 1.11 bits per heavy atom. The Bertz CT molecular complexity index is 1480. The zero-order chi connectivity index (χ0) is 31.4. The smallest absolute Gasteiger partial charge is 0.481 e. The molecule has 1 amide bonds. The number of aromatic nitrogens is 3. The van der Waals surface area contributed by atoms with Crippen molar-refractivity contribution in [3.05, 3.63) is 46.7 Å². The Morgan fingerprint density at radius 3 is 2.52 bits per heavy atom. The molecule has 236 valence electrons. The van der Waals surface area contributed by atoms with E-state index in [-0.39, 0.29) is 17.9 Å². The summed E-state index contributed by atoms with van der Waals surface area (Å²) in [6, 6.07) is 4.73. The number of nitrogens with zero attached hydrogens (tertiary/aromatic N) is 6. The zero-order valence-electron chi connectivity index (χ0n) is 24.4. The molecule has 2 aliphatic rings. The summed E-state index contributed by atoms with van der Waals surface area (Å²) in [4.78, 5) is 44.5. The van der Waals surface area contributed by atoms with Crippen LogP contribution in [0.15, 0.2) is 30.6 Å². The molecular weight excluding hydrogens is 599 g/mol. The van der Waals surface area contributed by atoms with Crippen molar-refractivity contribution in [3.63, 3.8) is 0 Å². The lowest BCUT2D eigenvalue weighted by molar-refractivity contribution is -0.274. The Hall–Kier alpha value is -3.82. The van der Waals surface area contributed by atoms with Crippen molar-refractivity contribution in [1.29, 1.82) is 0 Å². The van der Waals surface area contributed by atoms with Crippen molar-refractivity contribution in [2.45, 2.75) is 52.1 Å². The van der Waals surface area contributed by atoms with E-state index >= 15 is 0 Å². The molecule has 2 N–H and O–H groups in total. The predicted octanol–water partition coefficient (Wildman–Crippen LogP) is 4.64. The fraction of sp³-hybridized carbons (Fsp3) is 0.483. The van der Waals surface area contributed by atoms with Gasteiger partial charge in [0, 0.05) is 55.8 Å². The highest BCUT2D eigenvalue weighted by Gasteiger charge is 2.32. The second kappa shape index (κ2) is 13.4. The highest BCUT2D eigenvalue weighted by Crippen LogP contribution is 2.37. The monoisotopic (exact) mass is 633 g/mol. The van der Waals surface area contributed by atoms with Crippen molar-refractivity contribution in [2.75, 3.05) is 49.5 Å². The third-order valence-electron chi connectivity index (χ3n) is 7.72. The third kappa shape index (κ3) is 8.21. The molecule has 5 rings (SSSR count). The van der Waals surface area contributed by atoms with E-state index in [2.05, 4.69) is 41.7 Å². The van der Waals surface area contributed by atoms with Gasteiger partial charge in [0.2, 0.25) is 0 Å². The van der Waals surface area contributed by atoms with E-state index in [1.165, 1.54) is 35.9 Å². The molecule has 2 fully saturated rings. The molecule has 2 aliphatic heterocycles. The fourth-order valence-electron chi connectivity index (χ4n) is 5.44. The summed E-state index contributed by atoms with van der Waals surface area (Å²) in [6.45, 7) is 8.49. The Morgan fingerprint density at radius 2 is 1.89 bits per heavy atom. The van der Waals surface area contributed by atoms with Crippen molar-refractivity contribution in [1.82, 2.24) is 24.8 Å². The number of carboxylic acid groups (broad SMARTS) is 1. The summed E-state index contributed by atoms with van der Waals surface area (Å²) in [5.41, 5.74) is 1.63. The molecule has 1 atom stereocenters. The van der Waals surface area contributed by atoms with Gasteiger partial charge >= 0.3 is 12.3 Å². The molecule has 1 unspecified atom stereocenters. The maximum absolute atomic E-state index is 13.1. The summed E-state index contributed by atoms with van der Waals surface area (Å²) in [5, 5.41) is 12.0. The number of hydrogen-bond acceptors (Lipinski definition) is 10. The van der Waals surface area contributed by atoms with Gasteiger partial charge in [-0.05, 0) is 57.0 Å². The standard InChI is InChI=1S/C29H34F3N7O4S/c1-18-12-20(14-21(13-18)43-29(30,31)32)26-23(17-39-6-3-4-19(39)2)44-28(35-26)36-27(42)22-15-34-24(16-33-22)38-10-8-37(9-11-38)7-5-25(40)41/h12-16,19H,3-11,17H2,1-2H3,(H,40,41)(H,35,36,42). The number of rotatable bonds is 10. The number of anilines is 2. The second-order valence-corrected chi connectivity index (χ2v) is 12.1. The van der Waals surface area contributed by atoms with Crippen LogP contribution in [0.4, 0.5) is 24.1 Å². The van der Waals surface area contributed by atoms with Gasteiger partial charge in [-0.3, -0.25) is 24.7 Å². The highest BCUT2D eigenvalue weighted by molar-refractivity contribution is 7.16. The molecule has 2 aromatic heterocycles. The van der Waals surface area contributed by atoms with Crippen LogP contribution >= 0.6 is 11.3 Å². The first kappa shape index (κ1) is 31.6. The van der Waals surface area contributed by atoms with E-state index in [4.69, 9.17) is 5.11 Å². The topological polar surface area (TPSA) is 124 Å². The zero-order valence-corrected chi connectivity index (χ0v) is 25.2. The van der Waals surface area contributed by atoms with Gasteiger partial charge < -0.3 is 14.7 Å². The summed E-state index contributed by atoms with van der Waals surface area (Å²) in [5.74, 6) is -1.04. The number of benzene rings is 1. The van der Waals surface area contributed by atoms with E-state index in [1.54, 1.807) is 13.0 Å². The average Bonchev–Trinajstić information content (AvgIpc) is 3.56. The molecule has 0 spiro atoms. The van der Waals surface area contributed by atoms with Crippen molar-refractivity contribution < 1.29 is 32.6 Å². The summed E-state index contributed by atoms with van der Waals surface area (Å²) in [6.07, 6.45) is 0.311. The number of carbonyl (C=O) groups is 2. The quantitative estimate of drug-likeness (QED) is 0.326. The van der Waals surface area contributed by atoms with Crippen molar-refractivity contribution in [3.8, 4) is 17.0 Å². The van der Waals surface area contributed by atoms with Gasteiger partial charge in [-0.25, -0.2) is 15.0 Å². The number of piperazine rings is 1. The van der Waals surface area contributed by atoms with Gasteiger partial charge in [0.1, 0.15) is 17.3 Å². The molecule has 2 saturated heterocycles. The van der Waals surface area contributed by atoms with Gasteiger partial charge in [0.25, 0.3) is 5.91 Å². The van der Waals surface area contributed by atoms with Crippen LogP contribution < -0.4 is 15.0 Å². The second-order valence-electron chi connectivity index (χ2n) is 11.0. The average molecular weight is 634 g/mol. The minimum atomic E-state index is -4.83. The number of alkyl halides is 3. The van der Waals surface area contributed by atoms with E-state index in [0.717, 1.165) is 24.3 Å². The Labute approximate surface area is 256 Å². The van der Waals surface area contributed by atoms with Crippen LogP contribution in [0.1, 0.15) is 47.1 Å². The first-order chi connectivity index (χ1) is 20.9. The minimum Gasteiger partial charge on any atom is -0.481 e. The summed E-state index contributed by atoms with van der Waals surface area (Å²) < 4.78 is 43.1. The van der Waals surface area contributed by atoms with Gasteiger partial charge in [-0.15, -0.1) is 13.2 Å². The number of aryl methyl sites for hydroxylation is 1. The van der Waals surface area contributed by atoms with Crippen LogP contribution in [0.25, 0.3) is 11.3 Å². The van der Waals surface area contributed by atoms with Gasteiger partial charge in [0.05, 0.1) is 24.5 Å². The van der Waals surface area contributed by atoms with Crippen LogP contribution in [-0.4, -0.2) is 93.4 Å². The van der Waals surface area contributed by atoms with E-state index < -0.39 is 18.2 Å². The molecule has 4 heterocycles. The lowest BCUT2D eigenvalue weighted by Crippen LogP contribution is -2.47. The molecule has 0 aliphatic carbocycles. The molecule has 15 heteroatoms. The number of carbonyl (C=O) groups excluding carboxylic acids is 1. The third-order valence-corrected chi connectivity index (χ3v) is 8.68. The minimum absolute atomic E-state index is 0.0942. The van der Waals surface area contributed by atoms with Crippen LogP contribution in [0.3, 0.4) is 0 Å². The molecule has 44 heavy (non-hydrogen) atoms. The molecule has 3 aromatic rings. The number of thiazole rings is 1. The highest BCUT2D eigenvalue weighted by atomic mass is 32.1. The Kier molecular flexibility index (Phi) is 9.65. The number of ether oxygens (including phenoxy) is 1. The largest absolute Gasteiger partial charge is 0.573 e.